The lowest BCUT2D eigenvalue weighted by atomic mass is 10.1. The molecule has 0 saturated carbocycles. The van der Waals surface area contributed by atoms with E-state index in [9.17, 15) is 4.79 Å². The van der Waals surface area contributed by atoms with Gasteiger partial charge in [-0.2, -0.15) is 4.99 Å². The zero-order chi connectivity index (χ0) is 20.8. The number of hydrogen-bond acceptors (Lipinski definition) is 3. The van der Waals surface area contributed by atoms with Crippen molar-refractivity contribution in [3.63, 3.8) is 0 Å². The number of thiazole rings is 1. The van der Waals surface area contributed by atoms with Crippen molar-refractivity contribution in [3.05, 3.63) is 57.9 Å². The number of fused-ring (bicyclic) bond motifs is 1. The smallest absolute Gasteiger partial charge is 0.279 e. The molecular weight excluding hydrogens is 380 g/mol. The lowest BCUT2D eigenvalue weighted by molar-refractivity contribution is 0.0998. The van der Waals surface area contributed by atoms with Gasteiger partial charge in [-0.1, -0.05) is 43.1 Å². The van der Waals surface area contributed by atoms with Crippen LogP contribution in [0.2, 0.25) is 0 Å². The first kappa shape index (κ1) is 20.9. The molecule has 0 saturated heterocycles. The Morgan fingerprint density at radius 1 is 1.21 bits per heavy atom. The monoisotopic (exact) mass is 406 g/mol. The summed E-state index contributed by atoms with van der Waals surface area (Å²) in [5.41, 5.74) is 3.87. The van der Waals surface area contributed by atoms with E-state index in [0.29, 0.717) is 23.5 Å². The molecular formula is C24H26N2O2S. The highest BCUT2D eigenvalue weighted by Gasteiger charge is 2.11. The molecule has 1 aromatic heterocycles. The predicted molar refractivity (Wildman–Crippen MR) is 119 cm³/mol. The number of carbonyl (C=O) groups is 1. The van der Waals surface area contributed by atoms with Crippen LogP contribution in [0.3, 0.4) is 0 Å². The lowest BCUT2D eigenvalue weighted by Gasteiger charge is -2.05. The van der Waals surface area contributed by atoms with Crippen LogP contribution in [-0.2, 0) is 6.54 Å². The van der Waals surface area contributed by atoms with Crippen LogP contribution in [0.15, 0.2) is 41.4 Å². The van der Waals surface area contributed by atoms with Gasteiger partial charge in [0.05, 0.1) is 23.4 Å². The molecule has 0 spiro atoms. The van der Waals surface area contributed by atoms with Crippen LogP contribution in [0.5, 0.6) is 5.75 Å². The number of amides is 1. The molecule has 3 aromatic rings. The molecule has 1 heterocycles. The maximum atomic E-state index is 12.7. The number of benzene rings is 2. The molecule has 0 fully saturated rings. The van der Waals surface area contributed by atoms with Crippen LogP contribution in [0.4, 0.5) is 0 Å². The number of rotatable bonds is 7. The van der Waals surface area contributed by atoms with Crippen molar-refractivity contribution in [1.29, 1.82) is 0 Å². The largest absolute Gasteiger partial charge is 0.494 e. The second-order valence-corrected chi connectivity index (χ2v) is 8.08. The standard InChI is InChI=1S/C24H26N2O2S/c1-5-7-8-14-28-20-11-9-19(10-12-20)23(27)25-24-26(13-6-2)21-16-17(3)15-18(4)22(21)29-24/h2,9-12,15-16H,5,7-8,13-14H2,1,3-4H3. The van der Waals surface area contributed by atoms with Crippen molar-refractivity contribution >= 4 is 27.5 Å². The number of ether oxygens (including phenoxy) is 1. The van der Waals surface area contributed by atoms with Gasteiger partial charge in [-0.15, -0.1) is 6.42 Å². The Morgan fingerprint density at radius 2 is 1.97 bits per heavy atom. The molecule has 0 aliphatic heterocycles. The summed E-state index contributed by atoms with van der Waals surface area (Å²) in [6, 6.07) is 11.4. The fourth-order valence-electron chi connectivity index (χ4n) is 3.23. The van der Waals surface area contributed by atoms with Crippen molar-refractivity contribution in [3.8, 4) is 18.1 Å². The average Bonchev–Trinajstić information content (AvgIpc) is 3.04. The highest BCUT2D eigenvalue weighted by Crippen LogP contribution is 2.23. The van der Waals surface area contributed by atoms with Gasteiger partial charge in [0, 0.05) is 5.56 Å². The van der Waals surface area contributed by atoms with E-state index in [-0.39, 0.29) is 5.91 Å². The minimum Gasteiger partial charge on any atom is -0.494 e. The summed E-state index contributed by atoms with van der Waals surface area (Å²) in [5, 5.41) is 0. The zero-order valence-corrected chi connectivity index (χ0v) is 18.0. The highest BCUT2D eigenvalue weighted by molar-refractivity contribution is 7.16. The van der Waals surface area contributed by atoms with Crippen LogP contribution < -0.4 is 9.54 Å². The molecule has 29 heavy (non-hydrogen) atoms. The van der Waals surface area contributed by atoms with Gasteiger partial charge in [-0.25, -0.2) is 0 Å². The maximum absolute atomic E-state index is 12.7. The summed E-state index contributed by atoms with van der Waals surface area (Å²) in [5.74, 6) is 3.16. The van der Waals surface area contributed by atoms with Gasteiger partial charge in [0.15, 0.2) is 4.80 Å². The summed E-state index contributed by atoms with van der Waals surface area (Å²) in [6.07, 6.45) is 8.92. The molecule has 0 radical (unpaired) electrons. The maximum Gasteiger partial charge on any atom is 0.279 e. The summed E-state index contributed by atoms with van der Waals surface area (Å²) in [6.45, 7) is 7.35. The molecule has 0 aliphatic rings. The summed E-state index contributed by atoms with van der Waals surface area (Å²) >= 11 is 1.50. The van der Waals surface area contributed by atoms with Crippen LogP contribution >= 0.6 is 11.3 Å². The third-order valence-electron chi connectivity index (χ3n) is 4.68. The molecule has 0 N–H and O–H groups in total. The Labute approximate surface area is 175 Å². The first-order chi connectivity index (χ1) is 14.0. The topological polar surface area (TPSA) is 43.6 Å². The number of hydrogen-bond donors (Lipinski definition) is 0. The number of unbranched alkanes of at least 4 members (excludes halogenated alkanes) is 2. The number of nitrogens with zero attached hydrogens (tertiary/aromatic N) is 2. The number of aryl methyl sites for hydroxylation is 2. The second-order valence-electron chi connectivity index (χ2n) is 7.10. The molecule has 0 unspecified atom stereocenters. The van der Waals surface area contributed by atoms with Crippen LogP contribution in [0, 0.1) is 26.2 Å². The predicted octanol–water partition coefficient (Wildman–Crippen LogP) is 5.26. The third kappa shape index (κ3) is 4.96. The minimum atomic E-state index is -0.283. The fourth-order valence-corrected chi connectivity index (χ4v) is 4.31. The second kappa shape index (κ2) is 9.58. The first-order valence-corrected chi connectivity index (χ1v) is 10.7. The van der Waals surface area contributed by atoms with Crippen LogP contribution in [0.25, 0.3) is 10.2 Å². The molecule has 0 atom stereocenters. The quantitative estimate of drug-likeness (QED) is 0.397. The van der Waals surface area contributed by atoms with E-state index in [0.717, 1.165) is 46.4 Å². The van der Waals surface area contributed by atoms with Crippen molar-refractivity contribution in [1.82, 2.24) is 4.57 Å². The van der Waals surface area contributed by atoms with Gasteiger partial charge in [0.25, 0.3) is 5.91 Å². The van der Waals surface area contributed by atoms with E-state index < -0.39 is 0 Å². The first-order valence-electron chi connectivity index (χ1n) is 9.89. The Bertz CT molecular complexity index is 1110. The Balaban J connectivity index is 1.89. The Morgan fingerprint density at radius 3 is 2.66 bits per heavy atom. The van der Waals surface area contributed by atoms with E-state index in [1.54, 1.807) is 12.1 Å². The average molecular weight is 407 g/mol. The molecule has 150 valence electrons. The van der Waals surface area contributed by atoms with Crippen LogP contribution in [0.1, 0.15) is 47.7 Å². The van der Waals surface area contributed by atoms with Gasteiger partial charge in [-0.3, -0.25) is 4.79 Å². The lowest BCUT2D eigenvalue weighted by Crippen LogP contribution is -2.16. The Hall–Kier alpha value is -2.84. The van der Waals surface area contributed by atoms with E-state index in [4.69, 9.17) is 11.2 Å². The number of carbonyl (C=O) groups excluding carboxylic acids is 1. The Kier molecular flexibility index (Phi) is 6.90. The van der Waals surface area contributed by atoms with Crippen molar-refractivity contribution in [2.75, 3.05) is 6.61 Å². The van der Waals surface area contributed by atoms with Gasteiger partial charge >= 0.3 is 0 Å². The number of aromatic nitrogens is 1. The highest BCUT2D eigenvalue weighted by atomic mass is 32.1. The summed E-state index contributed by atoms with van der Waals surface area (Å²) in [7, 11) is 0. The normalized spacial score (nSPS) is 11.6. The van der Waals surface area contributed by atoms with E-state index in [1.807, 2.05) is 16.7 Å². The minimum absolute atomic E-state index is 0.283. The molecule has 3 rings (SSSR count). The molecule has 4 nitrogen and oxygen atoms in total. The number of terminal acetylenes is 1. The third-order valence-corrected chi connectivity index (χ3v) is 5.91. The summed E-state index contributed by atoms with van der Waals surface area (Å²) in [4.78, 5) is 17.7. The van der Waals surface area contributed by atoms with E-state index in [1.165, 1.54) is 11.3 Å². The molecule has 1 amide bonds. The molecule has 0 bridgehead atoms. The van der Waals surface area contributed by atoms with Crippen molar-refractivity contribution in [2.24, 2.45) is 4.99 Å². The van der Waals surface area contributed by atoms with Gasteiger partial charge in [-0.05, 0) is 61.7 Å². The van der Waals surface area contributed by atoms with Gasteiger partial charge in [0.1, 0.15) is 5.75 Å². The van der Waals surface area contributed by atoms with E-state index >= 15 is 0 Å². The molecule has 0 aliphatic carbocycles. The fraction of sp³-hybridized carbons (Fsp3) is 0.333. The van der Waals surface area contributed by atoms with Crippen molar-refractivity contribution in [2.45, 2.75) is 46.6 Å². The van der Waals surface area contributed by atoms with Crippen LogP contribution in [-0.4, -0.2) is 17.1 Å². The SMILES string of the molecule is C#CCn1c(=NC(=O)c2ccc(OCCCCC)cc2)sc2c(C)cc(C)cc21. The zero-order valence-electron chi connectivity index (χ0n) is 17.2. The molecule has 5 heteroatoms. The van der Waals surface area contributed by atoms with Gasteiger partial charge in [0.2, 0.25) is 0 Å². The van der Waals surface area contributed by atoms with E-state index in [2.05, 4.69) is 43.8 Å². The molecule has 2 aromatic carbocycles. The van der Waals surface area contributed by atoms with Gasteiger partial charge < -0.3 is 9.30 Å². The van der Waals surface area contributed by atoms with Crippen molar-refractivity contribution < 1.29 is 9.53 Å². The summed E-state index contributed by atoms with van der Waals surface area (Å²) < 4.78 is 8.75.